The number of hydrogen-bond acceptors (Lipinski definition) is 2. The molecule has 1 aliphatic carbocycles. The number of benzene rings is 2. The zero-order valence-corrected chi connectivity index (χ0v) is 14.5. The molecule has 1 heterocycles. The van der Waals surface area contributed by atoms with Crippen molar-refractivity contribution in [2.24, 2.45) is 0 Å². The van der Waals surface area contributed by atoms with Crippen LogP contribution in [0.2, 0.25) is 0 Å². The van der Waals surface area contributed by atoms with Gasteiger partial charge in [0.25, 0.3) is 0 Å². The standard InChI is InChI=1S/C20H17F3N2O2/c1-27-12-6-7-16-13(10-12)15(11-24-16)19(8-9-19)18(26)25-17-5-3-2-4-14(17)20(21,22)23/h2-7,10-11,24H,8-9H2,1H3,(H,25,26). The molecule has 0 unspecified atom stereocenters. The van der Waals surface area contributed by atoms with Gasteiger partial charge in [0.2, 0.25) is 5.91 Å². The van der Waals surface area contributed by atoms with Crippen molar-refractivity contribution in [3.05, 3.63) is 59.8 Å². The third-order valence-corrected chi connectivity index (χ3v) is 5.07. The number of nitrogens with one attached hydrogen (secondary N) is 2. The minimum Gasteiger partial charge on any atom is -0.497 e. The highest BCUT2D eigenvalue weighted by Crippen LogP contribution is 2.51. The maximum Gasteiger partial charge on any atom is 0.418 e. The summed E-state index contributed by atoms with van der Waals surface area (Å²) in [6.07, 6.45) is -1.62. The van der Waals surface area contributed by atoms with Crippen LogP contribution in [0.25, 0.3) is 10.9 Å². The Hall–Kier alpha value is -2.96. The molecule has 140 valence electrons. The molecular weight excluding hydrogens is 357 g/mol. The normalized spacial score (nSPS) is 15.6. The highest BCUT2D eigenvalue weighted by atomic mass is 19.4. The lowest BCUT2D eigenvalue weighted by atomic mass is 9.94. The number of alkyl halides is 3. The van der Waals surface area contributed by atoms with E-state index in [9.17, 15) is 18.0 Å². The number of rotatable bonds is 4. The van der Waals surface area contributed by atoms with Crippen LogP contribution >= 0.6 is 0 Å². The van der Waals surface area contributed by atoms with Gasteiger partial charge in [-0.25, -0.2) is 0 Å². The molecule has 0 aliphatic heterocycles. The minimum atomic E-state index is -4.53. The van der Waals surface area contributed by atoms with E-state index in [4.69, 9.17) is 4.74 Å². The zero-order valence-electron chi connectivity index (χ0n) is 14.5. The monoisotopic (exact) mass is 374 g/mol. The molecule has 4 rings (SSSR count). The number of hydrogen-bond donors (Lipinski definition) is 2. The molecule has 2 aromatic carbocycles. The number of anilines is 1. The van der Waals surface area contributed by atoms with Crippen molar-refractivity contribution >= 4 is 22.5 Å². The van der Waals surface area contributed by atoms with Crippen LogP contribution in [0, 0.1) is 0 Å². The molecule has 1 aliphatic rings. The van der Waals surface area contributed by atoms with Gasteiger partial charge in [0.05, 0.1) is 23.8 Å². The summed E-state index contributed by atoms with van der Waals surface area (Å²) in [5.41, 5.74) is -0.282. The molecule has 1 aromatic heterocycles. The van der Waals surface area contributed by atoms with Crippen molar-refractivity contribution in [2.75, 3.05) is 12.4 Å². The van der Waals surface area contributed by atoms with Gasteiger partial charge in [0.15, 0.2) is 0 Å². The first-order valence-electron chi connectivity index (χ1n) is 8.48. The van der Waals surface area contributed by atoms with Gasteiger partial charge in [0, 0.05) is 17.1 Å². The van der Waals surface area contributed by atoms with Crippen LogP contribution in [0.15, 0.2) is 48.7 Å². The van der Waals surface area contributed by atoms with Crippen molar-refractivity contribution in [1.29, 1.82) is 0 Å². The Morgan fingerprint density at radius 3 is 2.59 bits per heavy atom. The Balaban J connectivity index is 1.69. The Labute approximate surface area is 153 Å². The molecule has 27 heavy (non-hydrogen) atoms. The summed E-state index contributed by atoms with van der Waals surface area (Å²) in [6.45, 7) is 0. The predicted molar refractivity (Wildman–Crippen MR) is 95.8 cm³/mol. The van der Waals surface area contributed by atoms with Gasteiger partial charge >= 0.3 is 6.18 Å². The lowest BCUT2D eigenvalue weighted by Gasteiger charge is -2.18. The molecule has 1 saturated carbocycles. The number of aromatic nitrogens is 1. The van der Waals surface area contributed by atoms with Crippen LogP contribution in [-0.2, 0) is 16.4 Å². The number of para-hydroxylation sites is 1. The summed E-state index contributed by atoms with van der Waals surface area (Å²) in [5.74, 6) is 0.227. The number of fused-ring (bicyclic) bond motifs is 1. The molecule has 1 amide bonds. The molecule has 0 saturated heterocycles. The summed E-state index contributed by atoms with van der Waals surface area (Å²) in [4.78, 5) is 16.1. The molecule has 0 radical (unpaired) electrons. The summed E-state index contributed by atoms with van der Waals surface area (Å²) in [7, 11) is 1.56. The number of aromatic amines is 1. The third kappa shape index (κ3) is 2.93. The molecule has 7 heteroatoms. The summed E-state index contributed by atoms with van der Waals surface area (Å²) >= 11 is 0. The highest BCUT2D eigenvalue weighted by Gasteiger charge is 2.53. The van der Waals surface area contributed by atoms with Gasteiger partial charge in [-0.3, -0.25) is 4.79 Å². The molecule has 2 N–H and O–H groups in total. The Morgan fingerprint density at radius 2 is 1.93 bits per heavy atom. The molecule has 0 spiro atoms. The van der Waals surface area contributed by atoms with E-state index in [0.717, 1.165) is 22.5 Å². The van der Waals surface area contributed by atoms with E-state index < -0.39 is 23.1 Å². The summed E-state index contributed by atoms with van der Waals surface area (Å²) < 4.78 is 44.9. The maximum absolute atomic E-state index is 13.2. The molecule has 1 fully saturated rings. The second-order valence-corrected chi connectivity index (χ2v) is 6.69. The van der Waals surface area contributed by atoms with Gasteiger partial charge in [-0.1, -0.05) is 12.1 Å². The van der Waals surface area contributed by atoms with E-state index in [-0.39, 0.29) is 5.69 Å². The van der Waals surface area contributed by atoms with Gasteiger partial charge in [0.1, 0.15) is 5.75 Å². The lowest BCUT2D eigenvalue weighted by Crippen LogP contribution is -2.28. The number of amides is 1. The summed E-state index contributed by atoms with van der Waals surface area (Å²) in [6, 6.07) is 10.5. The topological polar surface area (TPSA) is 54.1 Å². The SMILES string of the molecule is COc1ccc2[nH]cc(C3(C(=O)Nc4ccccc4C(F)(F)F)CC3)c2c1. The number of H-pyrrole nitrogens is 1. The number of carbonyl (C=O) groups excluding carboxylic acids is 1. The minimum absolute atomic E-state index is 0.223. The molecular formula is C20H17F3N2O2. The average Bonchev–Trinajstić information content (AvgIpc) is 3.34. The first kappa shape index (κ1) is 17.5. The van der Waals surface area contributed by atoms with Gasteiger partial charge in [-0.15, -0.1) is 0 Å². The largest absolute Gasteiger partial charge is 0.497 e. The predicted octanol–water partition coefficient (Wildman–Crippen LogP) is 4.87. The molecule has 4 nitrogen and oxygen atoms in total. The average molecular weight is 374 g/mol. The van der Waals surface area contributed by atoms with Gasteiger partial charge in [-0.05, 0) is 48.7 Å². The second-order valence-electron chi connectivity index (χ2n) is 6.69. The fraction of sp³-hybridized carbons (Fsp3) is 0.250. The summed E-state index contributed by atoms with van der Waals surface area (Å²) in [5, 5.41) is 3.34. The van der Waals surface area contributed by atoms with Crippen molar-refractivity contribution < 1.29 is 22.7 Å². The Morgan fingerprint density at radius 1 is 1.19 bits per heavy atom. The van der Waals surface area contributed by atoms with Crippen molar-refractivity contribution in [1.82, 2.24) is 4.98 Å². The van der Waals surface area contributed by atoms with Crippen LogP contribution < -0.4 is 10.1 Å². The maximum atomic E-state index is 13.2. The third-order valence-electron chi connectivity index (χ3n) is 5.07. The number of methoxy groups -OCH3 is 1. The second kappa shape index (κ2) is 6.04. The van der Waals surface area contributed by atoms with Crippen molar-refractivity contribution in [2.45, 2.75) is 24.4 Å². The van der Waals surface area contributed by atoms with Gasteiger partial charge < -0.3 is 15.0 Å². The van der Waals surface area contributed by atoms with E-state index in [1.807, 2.05) is 18.2 Å². The van der Waals surface area contributed by atoms with Crippen LogP contribution in [0.5, 0.6) is 5.75 Å². The van der Waals surface area contributed by atoms with Crippen molar-refractivity contribution in [3.8, 4) is 5.75 Å². The number of ether oxygens (including phenoxy) is 1. The lowest BCUT2D eigenvalue weighted by molar-refractivity contribution is -0.137. The smallest absolute Gasteiger partial charge is 0.418 e. The molecule has 0 atom stereocenters. The highest BCUT2D eigenvalue weighted by molar-refractivity contribution is 6.05. The van der Waals surface area contributed by atoms with Crippen LogP contribution in [0.1, 0.15) is 24.0 Å². The quantitative estimate of drug-likeness (QED) is 0.685. The van der Waals surface area contributed by atoms with E-state index >= 15 is 0 Å². The van der Waals surface area contributed by atoms with Crippen LogP contribution in [-0.4, -0.2) is 18.0 Å². The van der Waals surface area contributed by atoms with Crippen molar-refractivity contribution in [3.63, 3.8) is 0 Å². The Bertz CT molecular complexity index is 1020. The first-order valence-corrected chi connectivity index (χ1v) is 8.48. The van der Waals surface area contributed by atoms with Gasteiger partial charge in [-0.2, -0.15) is 13.2 Å². The van der Waals surface area contributed by atoms with Crippen LogP contribution in [0.3, 0.4) is 0 Å². The van der Waals surface area contributed by atoms with Crippen LogP contribution in [0.4, 0.5) is 18.9 Å². The molecule has 0 bridgehead atoms. The number of halogens is 3. The van der Waals surface area contributed by atoms with E-state index in [2.05, 4.69) is 10.3 Å². The van der Waals surface area contributed by atoms with E-state index in [1.165, 1.54) is 18.2 Å². The molecule has 3 aromatic rings. The Kier molecular flexibility index (Phi) is 3.91. The fourth-order valence-electron chi connectivity index (χ4n) is 3.45. The fourth-order valence-corrected chi connectivity index (χ4v) is 3.45. The zero-order chi connectivity index (χ0) is 19.2. The van der Waals surface area contributed by atoms with E-state index in [1.54, 1.807) is 13.3 Å². The number of carbonyl (C=O) groups is 1. The first-order chi connectivity index (χ1) is 12.8. The van der Waals surface area contributed by atoms with E-state index in [0.29, 0.717) is 18.6 Å².